The first-order valence-electron chi connectivity index (χ1n) is 24.5. The molecule has 0 saturated heterocycles. The number of hydrogen-bond acceptors (Lipinski definition) is 4. The molecule has 0 radical (unpaired) electrons. The Morgan fingerprint density at radius 3 is 1.67 bits per heavy atom. The molecule has 4 aliphatic rings. The Kier molecular flexibility index (Phi) is 7.23. The quantitative estimate of drug-likeness (QED) is 0.177. The van der Waals surface area contributed by atoms with E-state index in [0.29, 0.717) is 0 Å². The molecular formula is C65H50N2O2. The number of hydrogen-bond donors (Lipinski definition) is 0. The number of anilines is 3. The third kappa shape index (κ3) is 4.73. The summed E-state index contributed by atoms with van der Waals surface area (Å²) >= 11 is 0. The molecule has 0 N–H and O–H groups in total. The van der Waals surface area contributed by atoms with Gasteiger partial charge < -0.3 is 13.7 Å². The molecule has 0 spiro atoms. The van der Waals surface area contributed by atoms with Crippen molar-refractivity contribution >= 4 is 60.9 Å². The van der Waals surface area contributed by atoms with Gasteiger partial charge in [0.2, 0.25) is 0 Å². The van der Waals surface area contributed by atoms with Crippen LogP contribution in [0.5, 0.6) is 0 Å². The van der Waals surface area contributed by atoms with E-state index in [-0.39, 0.29) is 21.7 Å². The highest BCUT2D eigenvalue weighted by Crippen LogP contribution is 2.64. The molecule has 0 fully saturated rings. The van der Waals surface area contributed by atoms with E-state index in [9.17, 15) is 0 Å². The smallest absolute Gasteiger partial charge is 0.144 e. The Hall–Kier alpha value is -7.69. The molecule has 0 atom stereocenters. The Labute approximate surface area is 401 Å². The molecule has 8 aromatic carbocycles. The van der Waals surface area contributed by atoms with Crippen LogP contribution < -0.4 is 4.90 Å². The standard InChI is InChI=1S/C65H50N2O2/c1-62(2)46-25-26-53-55(41-16-10-13-19-51(41)68-53)54(46)44-34-49-43(33-50(44)62)38-23-21-36(31-47(38)63(49,3)4)67(35-27-29-66-30-28-35)37-22-24-40-48(32-37)65(7,8)60-58(40)61-57(42-17-11-14-20-52(42)69-61)56-39-15-9-12-18-45(39)64(5,6)59(56)60/h9-34H,1-8H3. The maximum atomic E-state index is 7.02. The second kappa shape index (κ2) is 12.7. The summed E-state index contributed by atoms with van der Waals surface area (Å²) in [5.41, 5.74) is 27.5. The van der Waals surface area contributed by atoms with Crippen LogP contribution in [-0.4, -0.2) is 4.98 Å². The van der Waals surface area contributed by atoms with Crippen LogP contribution in [0.3, 0.4) is 0 Å². The van der Waals surface area contributed by atoms with Gasteiger partial charge in [-0.3, -0.25) is 4.98 Å². The van der Waals surface area contributed by atoms with Crippen molar-refractivity contribution in [2.45, 2.75) is 77.0 Å². The average Bonchev–Trinajstić information content (AvgIpc) is 4.14. The normalized spacial score (nSPS) is 16.6. The molecule has 69 heavy (non-hydrogen) atoms. The molecule has 3 heterocycles. The van der Waals surface area contributed by atoms with Gasteiger partial charge in [0, 0.05) is 78.2 Å². The third-order valence-corrected chi connectivity index (χ3v) is 17.3. The molecule has 332 valence electrons. The van der Waals surface area contributed by atoms with Crippen LogP contribution in [-0.2, 0) is 21.7 Å². The van der Waals surface area contributed by atoms with E-state index in [1.54, 1.807) is 0 Å². The van der Waals surface area contributed by atoms with Crippen LogP contribution in [0.4, 0.5) is 17.1 Å². The van der Waals surface area contributed by atoms with Gasteiger partial charge in [-0.1, -0.05) is 134 Å². The zero-order chi connectivity index (χ0) is 46.7. The summed E-state index contributed by atoms with van der Waals surface area (Å²) in [4.78, 5) is 6.92. The van der Waals surface area contributed by atoms with E-state index in [1.165, 1.54) is 111 Å². The van der Waals surface area contributed by atoms with Crippen molar-refractivity contribution in [1.29, 1.82) is 0 Å². The second-order valence-corrected chi connectivity index (χ2v) is 22.3. The summed E-state index contributed by atoms with van der Waals surface area (Å²) in [6, 6.07) is 54.2. The lowest BCUT2D eigenvalue weighted by Gasteiger charge is -2.32. The van der Waals surface area contributed by atoms with E-state index in [2.05, 4.69) is 211 Å². The van der Waals surface area contributed by atoms with Crippen LogP contribution in [0.1, 0.15) is 99.9 Å². The van der Waals surface area contributed by atoms with Crippen LogP contribution >= 0.6 is 0 Å². The van der Waals surface area contributed by atoms with Gasteiger partial charge >= 0.3 is 0 Å². The first-order valence-corrected chi connectivity index (χ1v) is 24.5. The van der Waals surface area contributed by atoms with Gasteiger partial charge in [-0.15, -0.1) is 0 Å². The lowest BCUT2D eigenvalue weighted by molar-refractivity contribution is 0.600. The topological polar surface area (TPSA) is 42.4 Å². The highest BCUT2D eigenvalue weighted by Gasteiger charge is 2.49. The second-order valence-electron chi connectivity index (χ2n) is 22.3. The van der Waals surface area contributed by atoms with Gasteiger partial charge in [0.1, 0.15) is 22.3 Å². The van der Waals surface area contributed by atoms with Gasteiger partial charge in [0.15, 0.2) is 0 Å². The fourth-order valence-corrected chi connectivity index (χ4v) is 14.0. The maximum absolute atomic E-state index is 7.02. The van der Waals surface area contributed by atoms with Crippen LogP contribution in [0, 0.1) is 0 Å². The summed E-state index contributed by atoms with van der Waals surface area (Å²) in [7, 11) is 0. The number of aromatic nitrogens is 1. The predicted molar refractivity (Wildman–Crippen MR) is 284 cm³/mol. The average molecular weight is 891 g/mol. The van der Waals surface area contributed by atoms with Crippen LogP contribution in [0.15, 0.2) is 167 Å². The molecule has 0 amide bonds. The summed E-state index contributed by atoms with van der Waals surface area (Å²) in [5.74, 6) is 0. The Morgan fingerprint density at radius 2 is 0.913 bits per heavy atom. The number of pyridine rings is 1. The molecule has 4 heteroatoms. The van der Waals surface area contributed by atoms with Gasteiger partial charge in [-0.05, 0) is 150 Å². The first kappa shape index (κ1) is 39.3. The summed E-state index contributed by atoms with van der Waals surface area (Å²) in [5, 5.41) is 4.80. The fourth-order valence-electron chi connectivity index (χ4n) is 14.0. The number of rotatable bonds is 3. The number of nitrogens with zero attached hydrogens (tertiary/aromatic N) is 2. The lowest BCUT2D eigenvalue weighted by Crippen LogP contribution is -2.24. The van der Waals surface area contributed by atoms with Gasteiger partial charge in [0.05, 0.1) is 0 Å². The highest BCUT2D eigenvalue weighted by atomic mass is 16.3. The minimum absolute atomic E-state index is 0.172. The molecular weight excluding hydrogens is 841 g/mol. The van der Waals surface area contributed by atoms with Crippen molar-refractivity contribution < 1.29 is 8.83 Å². The molecule has 15 rings (SSSR count). The van der Waals surface area contributed by atoms with E-state index >= 15 is 0 Å². The minimum Gasteiger partial charge on any atom is -0.456 e. The molecule has 4 aliphatic carbocycles. The summed E-state index contributed by atoms with van der Waals surface area (Å²) < 4.78 is 13.5. The molecule has 3 aromatic heterocycles. The summed E-state index contributed by atoms with van der Waals surface area (Å²) in [6.45, 7) is 19.3. The zero-order valence-corrected chi connectivity index (χ0v) is 40.2. The van der Waals surface area contributed by atoms with Crippen molar-refractivity contribution in [3.63, 3.8) is 0 Å². The van der Waals surface area contributed by atoms with Crippen LogP contribution in [0.2, 0.25) is 0 Å². The van der Waals surface area contributed by atoms with E-state index < -0.39 is 0 Å². The summed E-state index contributed by atoms with van der Waals surface area (Å²) in [6.07, 6.45) is 3.82. The van der Waals surface area contributed by atoms with E-state index in [4.69, 9.17) is 8.83 Å². The number of benzene rings is 8. The molecule has 0 saturated carbocycles. The monoisotopic (exact) mass is 890 g/mol. The first-order chi connectivity index (χ1) is 33.3. The zero-order valence-electron chi connectivity index (χ0n) is 40.2. The molecule has 0 aliphatic heterocycles. The van der Waals surface area contributed by atoms with Crippen molar-refractivity contribution in [2.75, 3.05) is 4.90 Å². The Bertz CT molecular complexity index is 4140. The molecule has 4 nitrogen and oxygen atoms in total. The number of para-hydroxylation sites is 2. The molecule has 11 aromatic rings. The highest BCUT2D eigenvalue weighted by molar-refractivity contribution is 6.21. The van der Waals surface area contributed by atoms with Gasteiger partial charge in [0.25, 0.3) is 0 Å². The number of fused-ring (bicyclic) bond motifs is 22. The van der Waals surface area contributed by atoms with E-state index in [1.807, 2.05) is 12.4 Å². The lowest BCUT2D eigenvalue weighted by atomic mass is 9.72. The third-order valence-electron chi connectivity index (χ3n) is 17.3. The van der Waals surface area contributed by atoms with Crippen molar-refractivity contribution in [3.05, 3.63) is 202 Å². The van der Waals surface area contributed by atoms with Gasteiger partial charge in [-0.25, -0.2) is 0 Å². The van der Waals surface area contributed by atoms with Crippen LogP contribution in [0.25, 0.3) is 88.4 Å². The van der Waals surface area contributed by atoms with Gasteiger partial charge in [-0.2, -0.15) is 0 Å². The molecule has 0 unspecified atom stereocenters. The largest absolute Gasteiger partial charge is 0.456 e. The van der Waals surface area contributed by atoms with Crippen molar-refractivity contribution in [1.82, 2.24) is 4.98 Å². The van der Waals surface area contributed by atoms with E-state index in [0.717, 1.165) is 39.4 Å². The predicted octanol–water partition coefficient (Wildman–Crippen LogP) is 17.6. The fraction of sp³-hybridized carbons (Fsp3) is 0.185. The number of furan rings is 2. The SMILES string of the molecule is CC1(C)c2cc(N(c3ccncc3)c3ccc4c(c3)C(C)(C)c3c5c(c6c(oc7ccccc76)c3-4)-c3ccccc3C5(C)C)ccc2-c2cc3c(cc21)-c1c(ccc2oc4ccccc4c12)C3(C)C. The maximum Gasteiger partial charge on any atom is 0.144 e. The molecule has 0 bridgehead atoms. The van der Waals surface area contributed by atoms with Crippen molar-refractivity contribution in [3.8, 4) is 44.5 Å². The minimum atomic E-state index is -0.330. The Morgan fingerprint density at radius 1 is 0.362 bits per heavy atom. The Balaban J connectivity index is 0.904. The van der Waals surface area contributed by atoms with Crippen molar-refractivity contribution in [2.24, 2.45) is 0 Å².